The minimum Gasteiger partial charge on any atom is -0.325 e. The number of carbonyl (C=O) groups excluding carboxylic acids is 1. The maximum absolute atomic E-state index is 12.7. The Morgan fingerprint density at radius 2 is 1.72 bits per heavy atom. The van der Waals surface area contributed by atoms with Crippen molar-refractivity contribution < 1.29 is 13.2 Å². The first-order valence-corrected chi connectivity index (χ1v) is 12.9. The lowest BCUT2D eigenvalue weighted by Crippen LogP contribution is -2.30. The van der Waals surface area contributed by atoms with Gasteiger partial charge in [-0.2, -0.15) is 4.31 Å². The van der Waals surface area contributed by atoms with E-state index in [0.29, 0.717) is 18.8 Å². The van der Waals surface area contributed by atoms with E-state index >= 15 is 0 Å². The molecule has 3 rings (SSSR count). The SMILES string of the molecule is CCN(CC)S(=O)(=O)c1ccc(NC(=O)C(C)Sc2cc(C)c3cccc(C)c3n2)cc1. The second kappa shape index (κ2) is 10.0. The maximum Gasteiger partial charge on any atom is 0.243 e. The molecule has 0 saturated carbocycles. The molecular weight excluding hydrogens is 442 g/mol. The number of nitrogens with zero attached hydrogens (tertiary/aromatic N) is 2. The standard InChI is InChI=1S/C24H29N3O3S2/c1-6-27(7-2)32(29,30)20-13-11-19(12-14-20)25-24(28)18(5)31-22-15-17(4)21-10-8-9-16(3)23(21)26-22/h8-15,18H,6-7H2,1-5H3,(H,25,28). The Hall–Kier alpha value is -2.42. The molecule has 0 radical (unpaired) electrons. The van der Waals surface area contributed by atoms with Crippen LogP contribution in [-0.4, -0.2) is 42.0 Å². The lowest BCUT2D eigenvalue weighted by atomic mass is 10.1. The van der Waals surface area contributed by atoms with E-state index in [1.54, 1.807) is 12.1 Å². The summed E-state index contributed by atoms with van der Waals surface area (Å²) in [5.41, 5.74) is 3.73. The molecule has 2 aromatic carbocycles. The van der Waals surface area contributed by atoms with Crippen LogP contribution in [-0.2, 0) is 14.8 Å². The molecule has 0 bridgehead atoms. The summed E-state index contributed by atoms with van der Waals surface area (Å²) in [5, 5.41) is 4.41. The van der Waals surface area contributed by atoms with Crippen LogP contribution in [0, 0.1) is 13.8 Å². The molecular formula is C24H29N3O3S2. The molecule has 0 aliphatic rings. The van der Waals surface area contributed by atoms with Crippen molar-refractivity contribution in [1.82, 2.24) is 9.29 Å². The first-order chi connectivity index (χ1) is 15.2. The largest absolute Gasteiger partial charge is 0.325 e. The molecule has 8 heteroatoms. The summed E-state index contributed by atoms with van der Waals surface area (Å²) in [6.45, 7) is 10.3. The summed E-state index contributed by atoms with van der Waals surface area (Å²) in [6, 6.07) is 14.4. The minimum atomic E-state index is -3.52. The third-order valence-corrected chi connectivity index (χ3v) is 8.44. The van der Waals surface area contributed by atoms with Crippen LogP contribution in [0.2, 0.25) is 0 Å². The summed E-state index contributed by atoms with van der Waals surface area (Å²) in [4.78, 5) is 17.7. The molecule has 1 N–H and O–H groups in total. The number of para-hydroxylation sites is 1. The zero-order chi connectivity index (χ0) is 23.5. The Morgan fingerprint density at radius 1 is 1.06 bits per heavy atom. The Balaban J connectivity index is 1.71. The number of benzene rings is 2. The van der Waals surface area contributed by atoms with E-state index in [-0.39, 0.29) is 16.1 Å². The predicted octanol–water partition coefficient (Wildman–Crippen LogP) is 5.00. The third kappa shape index (κ3) is 5.14. The van der Waals surface area contributed by atoms with Crippen LogP contribution in [0.25, 0.3) is 10.9 Å². The quantitative estimate of drug-likeness (QED) is 0.468. The fraction of sp³-hybridized carbons (Fsp3) is 0.333. The number of hydrogen-bond acceptors (Lipinski definition) is 5. The van der Waals surface area contributed by atoms with E-state index < -0.39 is 10.0 Å². The average molecular weight is 472 g/mol. The number of sulfonamides is 1. The first kappa shape index (κ1) is 24.2. The van der Waals surface area contributed by atoms with Crippen LogP contribution in [0.1, 0.15) is 31.9 Å². The van der Waals surface area contributed by atoms with E-state index in [4.69, 9.17) is 4.98 Å². The van der Waals surface area contributed by atoms with Crippen LogP contribution >= 0.6 is 11.8 Å². The van der Waals surface area contributed by atoms with E-state index in [0.717, 1.165) is 27.1 Å². The Bertz CT molecular complexity index is 1220. The zero-order valence-corrected chi connectivity index (χ0v) is 20.7. The van der Waals surface area contributed by atoms with Crippen LogP contribution in [0.15, 0.2) is 58.5 Å². The van der Waals surface area contributed by atoms with Crippen LogP contribution in [0.4, 0.5) is 5.69 Å². The molecule has 0 fully saturated rings. The molecule has 1 unspecified atom stereocenters. The maximum atomic E-state index is 12.7. The number of fused-ring (bicyclic) bond motifs is 1. The number of amides is 1. The van der Waals surface area contributed by atoms with Gasteiger partial charge >= 0.3 is 0 Å². The van der Waals surface area contributed by atoms with E-state index in [9.17, 15) is 13.2 Å². The smallest absolute Gasteiger partial charge is 0.243 e. The highest BCUT2D eigenvalue weighted by Gasteiger charge is 2.22. The number of aryl methyl sites for hydroxylation is 2. The number of pyridine rings is 1. The molecule has 0 aliphatic heterocycles. The van der Waals surface area contributed by atoms with Gasteiger partial charge in [0.25, 0.3) is 0 Å². The zero-order valence-electron chi connectivity index (χ0n) is 19.0. The second-order valence-electron chi connectivity index (χ2n) is 7.61. The van der Waals surface area contributed by atoms with Gasteiger partial charge in [0, 0.05) is 24.2 Å². The lowest BCUT2D eigenvalue weighted by molar-refractivity contribution is -0.115. The highest BCUT2D eigenvalue weighted by molar-refractivity contribution is 8.00. The second-order valence-corrected chi connectivity index (χ2v) is 10.9. The fourth-order valence-electron chi connectivity index (χ4n) is 3.49. The van der Waals surface area contributed by atoms with Crippen LogP contribution in [0.3, 0.4) is 0 Å². The molecule has 6 nitrogen and oxygen atoms in total. The van der Waals surface area contributed by atoms with Gasteiger partial charge in [-0.1, -0.05) is 43.8 Å². The topological polar surface area (TPSA) is 79.4 Å². The van der Waals surface area contributed by atoms with Gasteiger partial charge in [0.2, 0.25) is 15.9 Å². The van der Waals surface area contributed by atoms with E-state index in [1.807, 2.05) is 52.8 Å². The molecule has 1 atom stereocenters. The number of aromatic nitrogens is 1. The van der Waals surface area contributed by atoms with Gasteiger partial charge in [0.05, 0.1) is 20.7 Å². The van der Waals surface area contributed by atoms with Crippen LogP contribution < -0.4 is 5.32 Å². The minimum absolute atomic E-state index is 0.168. The van der Waals surface area contributed by atoms with Crippen molar-refractivity contribution in [2.75, 3.05) is 18.4 Å². The molecule has 0 saturated heterocycles. The number of anilines is 1. The lowest BCUT2D eigenvalue weighted by Gasteiger charge is -2.18. The fourth-order valence-corrected chi connectivity index (χ4v) is 5.87. The summed E-state index contributed by atoms with van der Waals surface area (Å²) in [7, 11) is -3.52. The van der Waals surface area contributed by atoms with Gasteiger partial charge in [-0.05, 0) is 62.2 Å². The Kier molecular flexibility index (Phi) is 7.59. The van der Waals surface area contributed by atoms with E-state index in [2.05, 4.69) is 11.4 Å². The number of thioether (sulfide) groups is 1. The normalized spacial score (nSPS) is 12.8. The first-order valence-electron chi connectivity index (χ1n) is 10.6. The molecule has 1 heterocycles. The van der Waals surface area contributed by atoms with Gasteiger partial charge in [0.15, 0.2) is 0 Å². The van der Waals surface area contributed by atoms with Gasteiger partial charge in [-0.25, -0.2) is 13.4 Å². The van der Waals surface area contributed by atoms with Crippen molar-refractivity contribution in [3.63, 3.8) is 0 Å². The van der Waals surface area contributed by atoms with Gasteiger partial charge in [0.1, 0.15) is 0 Å². The van der Waals surface area contributed by atoms with Crippen molar-refractivity contribution in [3.8, 4) is 0 Å². The highest BCUT2D eigenvalue weighted by Crippen LogP contribution is 2.28. The number of rotatable bonds is 8. The van der Waals surface area contributed by atoms with Crippen molar-refractivity contribution in [2.24, 2.45) is 0 Å². The third-order valence-electron chi connectivity index (χ3n) is 5.36. The summed E-state index contributed by atoms with van der Waals surface area (Å²) in [6.07, 6.45) is 0. The van der Waals surface area contributed by atoms with Crippen molar-refractivity contribution in [3.05, 3.63) is 59.7 Å². The molecule has 32 heavy (non-hydrogen) atoms. The molecule has 1 aromatic heterocycles. The number of nitrogens with one attached hydrogen (secondary N) is 1. The molecule has 3 aromatic rings. The number of carbonyl (C=O) groups is 1. The summed E-state index contributed by atoms with van der Waals surface area (Å²) < 4.78 is 26.6. The van der Waals surface area contributed by atoms with E-state index in [1.165, 1.54) is 28.2 Å². The monoisotopic (exact) mass is 471 g/mol. The van der Waals surface area contributed by atoms with Crippen molar-refractivity contribution in [2.45, 2.75) is 49.8 Å². The van der Waals surface area contributed by atoms with Gasteiger partial charge in [-0.15, -0.1) is 0 Å². The van der Waals surface area contributed by atoms with Crippen molar-refractivity contribution in [1.29, 1.82) is 0 Å². The van der Waals surface area contributed by atoms with Crippen molar-refractivity contribution >= 4 is 44.3 Å². The highest BCUT2D eigenvalue weighted by atomic mass is 32.2. The average Bonchev–Trinajstić information content (AvgIpc) is 2.75. The van der Waals surface area contributed by atoms with Gasteiger partial charge in [-0.3, -0.25) is 4.79 Å². The molecule has 1 amide bonds. The summed E-state index contributed by atoms with van der Waals surface area (Å²) in [5.74, 6) is -0.168. The Morgan fingerprint density at radius 3 is 2.34 bits per heavy atom. The van der Waals surface area contributed by atoms with Crippen LogP contribution in [0.5, 0.6) is 0 Å². The molecule has 0 aliphatic carbocycles. The predicted molar refractivity (Wildman–Crippen MR) is 132 cm³/mol. The molecule has 0 spiro atoms. The summed E-state index contributed by atoms with van der Waals surface area (Å²) >= 11 is 1.40. The Labute approximate surface area is 194 Å². The number of hydrogen-bond donors (Lipinski definition) is 1. The van der Waals surface area contributed by atoms with Gasteiger partial charge < -0.3 is 5.32 Å². The molecule has 170 valence electrons.